The van der Waals surface area contributed by atoms with E-state index in [1.165, 1.54) is 59.1 Å². The predicted octanol–water partition coefficient (Wildman–Crippen LogP) is 15.5. The molecule has 2 nitrogen and oxygen atoms in total. The highest BCUT2D eigenvalue weighted by Crippen LogP contribution is 2.56. The predicted molar refractivity (Wildman–Crippen MR) is 259 cm³/mol. The van der Waals surface area contributed by atoms with Gasteiger partial charge in [0.05, 0.1) is 16.8 Å². The fraction of sp³-hybridized carbons (Fsp3) is 0.0169. The van der Waals surface area contributed by atoms with Crippen LogP contribution in [0.25, 0.3) is 87.5 Å². The number of rotatable bonds is 7. The van der Waals surface area contributed by atoms with E-state index in [1.54, 1.807) is 0 Å². The Morgan fingerprint density at radius 2 is 0.871 bits per heavy atom. The Hall–Kier alpha value is -7.72. The van der Waals surface area contributed by atoms with Gasteiger partial charge in [-0.15, -0.1) is 11.3 Å². The smallest absolute Gasteiger partial charge is 0.160 e. The molecule has 0 spiro atoms. The minimum absolute atomic E-state index is 0.431. The summed E-state index contributed by atoms with van der Waals surface area (Å²) in [5, 5.41) is 2.57. The Labute approximate surface area is 365 Å². The van der Waals surface area contributed by atoms with E-state index in [0.29, 0.717) is 5.82 Å². The van der Waals surface area contributed by atoms with E-state index in [0.717, 1.165) is 44.8 Å². The van der Waals surface area contributed by atoms with Gasteiger partial charge in [-0.2, -0.15) is 0 Å². The molecule has 0 atom stereocenters. The number of fused-ring (bicyclic) bond motifs is 6. The highest BCUT2D eigenvalue weighted by molar-refractivity contribution is 7.25. The average molecular weight is 807 g/mol. The molecule has 0 unspecified atom stereocenters. The fourth-order valence-electron chi connectivity index (χ4n) is 9.79. The second kappa shape index (κ2) is 14.8. The summed E-state index contributed by atoms with van der Waals surface area (Å²) >= 11 is 1.84. The van der Waals surface area contributed by atoms with Crippen LogP contribution in [0.5, 0.6) is 0 Å². The second-order valence-corrected chi connectivity index (χ2v) is 17.1. The molecule has 0 bridgehead atoms. The first kappa shape index (κ1) is 36.2. The van der Waals surface area contributed by atoms with Crippen molar-refractivity contribution in [2.75, 3.05) is 0 Å². The Balaban J connectivity index is 0.995. The summed E-state index contributed by atoms with van der Waals surface area (Å²) in [7, 11) is 0. The Morgan fingerprint density at radius 3 is 1.66 bits per heavy atom. The number of hydrogen-bond acceptors (Lipinski definition) is 3. The average Bonchev–Trinajstić information content (AvgIpc) is 3.88. The first-order valence-electron chi connectivity index (χ1n) is 21.1. The van der Waals surface area contributed by atoms with Crippen LogP contribution in [0.3, 0.4) is 0 Å². The van der Waals surface area contributed by atoms with E-state index in [-0.39, 0.29) is 0 Å². The summed E-state index contributed by atoms with van der Waals surface area (Å²) in [6.07, 6.45) is 0. The van der Waals surface area contributed by atoms with E-state index in [2.05, 4.69) is 224 Å². The topological polar surface area (TPSA) is 25.8 Å². The first-order valence-corrected chi connectivity index (χ1v) is 22.0. The summed E-state index contributed by atoms with van der Waals surface area (Å²) in [5.41, 5.74) is 16.7. The number of nitrogens with zero attached hydrogens (tertiary/aromatic N) is 2. The zero-order chi connectivity index (χ0) is 41.0. The highest BCUT2D eigenvalue weighted by atomic mass is 32.1. The third-order valence-electron chi connectivity index (χ3n) is 12.6. The van der Waals surface area contributed by atoms with Crippen molar-refractivity contribution in [1.82, 2.24) is 9.97 Å². The van der Waals surface area contributed by atoms with Gasteiger partial charge in [-0.05, 0) is 92.0 Å². The maximum Gasteiger partial charge on any atom is 0.160 e. The molecular formula is C59H38N2S. The molecule has 0 saturated carbocycles. The van der Waals surface area contributed by atoms with E-state index < -0.39 is 5.41 Å². The van der Waals surface area contributed by atoms with Crippen LogP contribution in [0.2, 0.25) is 0 Å². The minimum Gasteiger partial charge on any atom is -0.228 e. The largest absolute Gasteiger partial charge is 0.228 e. The molecule has 11 aromatic rings. The molecule has 1 aliphatic carbocycles. The lowest BCUT2D eigenvalue weighted by Gasteiger charge is -2.33. The summed E-state index contributed by atoms with van der Waals surface area (Å²) in [5.74, 6) is 0.699. The van der Waals surface area contributed by atoms with Gasteiger partial charge in [-0.1, -0.05) is 194 Å². The number of thiophene rings is 1. The van der Waals surface area contributed by atoms with Crippen LogP contribution in [-0.2, 0) is 5.41 Å². The van der Waals surface area contributed by atoms with Crippen LogP contribution < -0.4 is 0 Å². The normalized spacial score (nSPS) is 12.6. The molecule has 9 aromatic carbocycles. The third kappa shape index (κ3) is 5.85. The van der Waals surface area contributed by atoms with Gasteiger partial charge in [0.1, 0.15) is 0 Å². The van der Waals surface area contributed by atoms with Crippen molar-refractivity contribution in [3.05, 3.63) is 253 Å². The molecule has 0 saturated heterocycles. The van der Waals surface area contributed by atoms with Gasteiger partial charge in [0.25, 0.3) is 0 Å². The van der Waals surface area contributed by atoms with Gasteiger partial charge < -0.3 is 0 Å². The van der Waals surface area contributed by atoms with E-state index >= 15 is 0 Å². The summed E-state index contributed by atoms with van der Waals surface area (Å²) in [4.78, 5) is 10.6. The van der Waals surface area contributed by atoms with Crippen LogP contribution in [0.1, 0.15) is 22.3 Å². The van der Waals surface area contributed by atoms with E-state index in [1.807, 2.05) is 17.4 Å². The standard InChI is InChI=1S/C59H38N2S/c1-4-17-39(18-5-1)58-60-54(38-55(61-58)48-27-11-10-25-46(48)42-32-34-57-51(37-42)49-28-13-15-30-56(49)62-57)43-20-16-19-40(35-43)41-31-33-53-50(36-41)47-26-12-14-29-52(47)59(53,44-21-6-2-7-22-44)45-23-8-3-9-24-45/h1-38H. The SMILES string of the molecule is c1ccc(-c2nc(-c3cccc(-c4ccc5c(c4)-c4ccccc4C5(c4ccccc4)c4ccccc4)c3)cc(-c3ccccc3-c3ccc4sc5ccccc5c4c3)n2)cc1. The molecule has 3 heteroatoms. The van der Waals surface area contributed by atoms with E-state index in [9.17, 15) is 0 Å². The van der Waals surface area contributed by atoms with Gasteiger partial charge in [-0.3, -0.25) is 0 Å². The third-order valence-corrected chi connectivity index (χ3v) is 13.8. The molecule has 0 fully saturated rings. The number of hydrogen-bond donors (Lipinski definition) is 0. The van der Waals surface area contributed by atoms with Gasteiger partial charge in [0, 0.05) is 36.9 Å². The minimum atomic E-state index is -0.431. The molecule has 0 aliphatic heterocycles. The van der Waals surface area contributed by atoms with Crippen LogP contribution in [0.4, 0.5) is 0 Å². The molecule has 0 radical (unpaired) electrons. The molecular weight excluding hydrogens is 769 g/mol. The Kier molecular flexibility index (Phi) is 8.62. The van der Waals surface area contributed by atoms with Gasteiger partial charge >= 0.3 is 0 Å². The summed E-state index contributed by atoms with van der Waals surface area (Å²) in [6, 6.07) is 83.4. The fourth-order valence-corrected chi connectivity index (χ4v) is 10.9. The van der Waals surface area contributed by atoms with Crippen molar-refractivity contribution in [3.8, 4) is 67.3 Å². The summed E-state index contributed by atoms with van der Waals surface area (Å²) in [6.45, 7) is 0. The summed E-state index contributed by atoms with van der Waals surface area (Å²) < 4.78 is 2.60. The lowest BCUT2D eigenvalue weighted by atomic mass is 9.67. The molecule has 2 heterocycles. The zero-order valence-electron chi connectivity index (χ0n) is 33.7. The van der Waals surface area contributed by atoms with Crippen molar-refractivity contribution >= 4 is 31.5 Å². The van der Waals surface area contributed by atoms with Crippen molar-refractivity contribution in [2.45, 2.75) is 5.41 Å². The first-order chi connectivity index (χ1) is 30.7. The second-order valence-electron chi connectivity index (χ2n) is 16.1. The van der Waals surface area contributed by atoms with E-state index in [4.69, 9.17) is 9.97 Å². The monoisotopic (exact) mass is 806 g/mol. The maximum absolute atomic E-state index is 5.28. The molecule has 62 heavy (non-hydrogen) atoms. The molecule has 2 aromatic heterocycles. The van der Waals surface area contributed by atoms with Crippen molar-refractivity contribution in [3.63, 3.8) is 0 Å². The van der Waals surface area contributed by atoms with Crippen LogP contribution in [0, 0.1) is 0 Å². The van der Waals surface area contributed by atoms with Crippen LogP contribution >= 0.6 is 11.3 Å². The molecule has 290 valence electrons. The maximum atomic E-state index is 5.28. The number of aromatic nitrogens is 2. The lowest BCUT2D eigenvalue weighted by Crippen LogP contribution is -2.28. The van der Waals surface area contributed by atoms with Gasteiger partial charge in [-0.25, -0.2) is 9.97 Å². The van der Waals surface area contributed by atoms with Crippen LogP contribution in [-0.4, -0.2) is 9.97 Å². The number of benzene rings is 9. The molecule has 0 N–H and O–H groups in total. The Bertz CT molecular complexity index is 3420. The molecule has 0 amide bonds. The molecule has 12 rings (SSSR count). The van der Waals surface area contributed by atoms with Gasteiger partial charge in [0.15, 0.2) is 5.82 Å². The quantitative estimate of drug-likeness (QED) is 0.160. The zero-order valence-corrected chi connectivity index (χ0v) is 34.6. The van der Waals surface area contributed by atoms with Gasteiger partial charge in [0.2, 0.25) is 0 Å². The lowest BCUT2D eigenvalue weighted by molar-refractivity contribution is 0.768. The van der Waals surface area contributed by atoms with Crippen molar-refractivity contribution in [1.29, 1.82) is 0 Å². The van der Waals surface area contributed by atoms with Crippen molar-refractivity contribution < 1.29 is 0 Å². The van der Waals surface area contributed by atoms with Crippen molar-refractivity contribution in [2.24, 2.45) is 0 Å². The highest BCUT2D eigenvalue weighted by Gasteiger charge is 2.45. The molecule has 1 aliphatic rings. The van der Waals surface area contributed by atoms with Crippen LogP contribution in [0.15, 0.2) is 231 Å². The Morgan fingerprint density at radius 1 is 0.306 bits per heavy atom.